The van der Waals surface area contributed by atoms with Gasteiger partial charge in [0.25, 0.3) is 0 Å². The monoisotopic (exact) mass is 493 g/mol. The van der Waals surface area contributed by atoms with E-state index in [-0.39, 0.29) is 17.6 Å². The lowest BCUT2D eigenvalue weighted by Crippen LogP contribution is -2.11. The maximum Gasteiger partial charge on any atom is 0.343 e. The van der Waals surface area contributed by atoms with Crippen molar-refractivity contribution < 1.29 is 18.7 Å². The molecular formula is C29H23N3O5. The third-order valence-corrected chi connectivity index (χ3v) is 5.68. The Bertz CT molecular complexity index is 1630. The van der Waals surface area contributed by atoms with Gasteiger partial charge in [-0.2, -0.15) is 0 Å². The summed E-state index contributed by atoms with van der Waals surface area (Å²) in [6, 6.07) is 23.3. The van der Waals surface area contributed by atoms with Crippen molar-refractivity contribution in [2.45, 2.75) is 6.92 Å². The number of carbonyl (C=O) groups excluding carboxylic acids is 1. The molecular weight excluding hydrogens is 470 g/mol. The molecule has 184 valence electrons. The first kappa shape index (κ1) is 23.7. The van der Waals surface area contributed by atoms with Gasteiger partial charge in [-0.05, 0) is 49.4 Å². The number of carbonyl (C=O) groups is 1. The van der Waals surface area contributed by atoms with Gasteiger partial charge < -0.3 is 19.2 Å². The minimum atomic E-state index is -0.518. The van der Waals surface area contributed by atoms with E-state index in [1.54, 1.807) is 32.2 Å². The normalized spacial score (nSPS) is 10.8. The molecule has 8 nitrogen and oxygen atoms in total. The van der Waals surface area contributed by atoms with Crippen molar-refractivity contribution in [3.63, 3.8) is 0 Å². The molecule has 3 aromatic carbocycles. The van der Waals surface area contributed by atoms with Crippen molar-refractivity contribution in [1.82, 2.24) is 9.97 Å². The number of hydrogen-bond acceptors (Lipinski definition) is 8. The first-order valence-electron chi connectivity index (χ1n) is 11.6. The highest BCUT2D eigenvalue weighted by atomic mass is 16.5. The summed E-state index contributed by atoms with van der Waals surface area (Å²) in [5, 5.41) is 3.65. The molecule has 0 aliphatic heterocycles. The lowest BCUT2D eigenvalue weighted by molar-refractivity contribution is 0.0526. The lowest BCUT2D eigenvalue weighted by atomic mass is 10.1. The number of hydrogen-bond donors (Lipinski definition) is 1. The summed E-state index contributed by atoms with van der Waals surface area (Å²) in [5.41, 5.74) is 2.75. The van der Waals surface area contributed by atoms with Gasteiger partial charge in [-0.25, -0.2) is 14.8 Å². The molecule has 0 radical (unpaired) electrons. The molecule has 0 fully saturated rings. The van der Waals surface area contributed by atoms with Crippen LogP contribution in [0.2, 0.25) is 0 Å². The van der Waals surface area contributed by atoms with Gasteiger partial charge in [0, 0.05) is 29.1 Å². The fourth-order valence-corrected chi connectivity index (χ4v) is 3.82. The van der Waals surface area contributed by atoms with Crippen molar-refractivity contribution in [2.75, 3.05) is 19.0 Å². The predicted molar refractivity (Wildman–Crippen MR) is 141 cm³/mol. The SMILES string of the molecule is CCOC(=O)c1cnc(-c2ccccc2)nc1Nc1ccc(-c2cc(=O)c3cc(OC)ccc3o2)cc1. The number of nitrogens with one attached hydrogen (secondary N) is 1. The average Bonchev–Trinajstić information content (AvgIpc) is 2.94. The Labute approximate surface area is 212 Å². The van der Waals surface area contributed by atoms with E-state index in [1.165, 1.54) is 12.3 Å². The molecule has 1 N–H and O–H groups in total. The van der Waals surface area contributed by atoms with Gasteiger partial charge in [0.15, 0.2) is 11.3 Å². The zero-order valence-electron chi connectivity index (χ0n) is 20.2. The number of rotatable bonds is 7. The van der Waals surface area contributed by atoms with E-state index < -0.39 is 5.97 Å². The van der Waals surface area contributed by atoms with Crippen molar-refractivity contribution >= 4 is 28.4 Å². The molecule has 37 heavy (non-hydrogen) atoms. The van der Waals surface area contributed by atoms with Gasteiger partial charge in [0.05, 0.1) is 19.1 Å². The molecule has 0 aliphatic carbocycles. The van der Waals surface area contributed by atoms with Gasteiger partial charge in [-0.3, -0.25) is 4.79 Å². The predicted octanol–water partition coefficient (Wildman–Crippen LogP) is 5.85. The molecule has 0 atom stereocenters. The van der Waals surface area contributed by atoms with Crippen LogP contribution in [0.25, 0.3) is 33.7 Å². The van der Waals surface area contributed by atoms with E-state index >= 15 is 0 Å². The molecule has 0 spiro atoms. The second kappa shape index (κ2) is 10.3. The third kappa shape index (κ3) is 5.04. The van der Waals surface area contributed by atoms with Crippen molar-refractivity contribution in [3.05, 3.63) is 101 Å². The summed E-state index contributed by atoms with van der Waals surface area (Å²) in [6.07, 6.45) is 1.46. The number of benzene rings is 3. The van der Waals surface area contributed by atoms with Crippen LogP contribution in [0.1, 0.15) is 17.3 Å². The molecule has 0 saturated carbocycles. The quantitative estimate of drug-likeness (QED) is 0.282. The molecule has 0 unspecified atom stereocenters. The average molecular weight is 494 g/mol. The summed E-state index contributed by atoms with van der Waals surface area (Å²) < 4.78 is 16.3. The van der Waals surface area contributed by atoms with Crippen LogP contribution in [0, 0.1) is 0 Å². The number of aromatic nitrogens is 2. The molecule has 0 amide bonds. The van der Waals surface area contributed by atoms with Crippen molar-refractivity contribution in [3.8, 4) is 28.5 Å². The first-order chi connectivity index (χ1) is 18.1. The molecule has 2 heterocycles. The van der Waals surface area contributed by atoms with Crippen LogP contribution < -0.4 is 15.5 Å². The highest BCUT2D eigenvalue weighted by Crippen LogP contribution is 2.28. The Morgan fingerprint density at radius 1 is 0.973 bits per heavy atom. The Kier molecular flexibility index (Phi) is 6.63. The molecule has 2 aromatic heterocycles. The largest absolute Gasteiger partial charge is 0.497 e. The highest BCUT2D eigenvalue weighted by molar-refractivity contribution is 5.95. The zero-order chi connectivity index (χ0) is 25.8. The van der Waals surface area contributed by atoms with E-state index in [0.29, 0.717) is 39.8 Å². The Balaban J connectivity index is 1.46. The summed E-state index contributed by atoms with van der Waals surface area (Å²) >= 11 is 0. The van der Waals surface area contributed by atoms with Crippen LogP contribution in [-0.4, -0.2) is 29.7 Å². The van der Waals surface area contributed by atoms with Crippen LogP contribution in [0.4, 0.5) is 11.5 Å². The second-order valence-electron chi connectivity index (χ2n) is 8.08. The number of esters is 1. The van der Waals surface area contributed by atoms with Crippen LogP contribution >= 0.6 is 0 Å². The maximum atomic E-state index is 12.7. The Morgan fingerprint density at radius 2 is 1.76 bits per heavy atom. The lowest BCUT2D eigenvalue weighted by Gasteiger charge is -2.12. The minimum absolute atomic E-state index is 0.161. The van der Waals surface area contributed by atoms with Gasteiger partial charge in [0.1, 0.15) is 28.5 Å². The summed E-state index contributed by atoms with van der Waals surface area (Å²) in [4.78, 5) is 34.1. The van der Waals surface area contributed by atoms with E-state index in [0.717, 1.165) is 11.1 Å². The van der Waals surface area contributed by atoms with Crippen molar-refractivity contribution in [2.24, 2.45) is 0 Å². The van der Waals surface area contributed by atoms with Crippen LogP contribution in [0.15, 0.2) is 94.3 Å². The molecule has 8 heteroatoms. The number of ether oxygens (including phenoxy) is 2. The fraction of sp³-hybridized carbons (Fsp3) is 0.103. The fourth-order valence-electron chi connectivity index (χ4n) is 3.82. The molecule has 5 rings (SSSR count). The standard InChI is InChI=1S/C29H23N3O5/c1-3-36-29(34)23-17-30-27(19-7-5-4-6-8-19)32-28(23)31-20-11-9-18(10-12-20)26-16-24(33)22-15-21(35-2)13-14-25(22)37-26/h4-17H,3H2,1-2H3,(H,30,31,32). The molecule has 0 bridgehead atoms. The number of nitrogens with zero attached hydrogens (tertiary/aromatic N) is 2. The third-order valence-electron chi connectivity index (χ3n) is 5.68. The van der Waals surface area contributed by atoms with Crippen LogP contribution in [0.5, 0.6) is 5.75 Å². The van der Waals surface area contributed by atoms with Gasteiger partial charge in [-0.15, -0.1) is 0 Å². The van der Waals surface area contributed by atoms with Crippen LogP contribution in [-0.2, 0) is 4.74 Å². The molecule has 5 aromatic rings. The second-order valence-corrected chi connectivity index (χ2v) is 8.08. The minimum Gasteiger partial charge on any atom is -0.497 e. The Hall–Kier alpha value is -4.98. The van der Waals surface area contributed by atoms with E-state index in [9.17, 15) is 9.59 Å². The van der Waals surface area contributed by atoms with Gasteiger partial charge >= 0.3 is 5.97 Å². The van der Waals surface area contributed by atoms with Crippen molar-refractivity contribution in [1.29, 1.82) is 0 Å². The van der Waals surface area contributed by atoms with Crippen LogP contribution in [0.3, 0.4) is 0 Å². The number of anilines is 2. The maximum absolute atomic E-state index is 12.7. The molecule has 0 saturated heterocycles. The zero-order valence-corrected chi connectivity index (χ0v) is 20.2. The summed E-state index contributed by atoms with van der Waals surface area (Å²) in [6.45, 7) is 1.97. The highest BCUT2D eigenvalue weighted by Gasteiger charge is 2.17. The van der Waals surface area contributed by atoms with E-state index in [4.69, 9.17) is 13.9 Å². The van der Waals surface area contributed by atoms with Gasteiger partial charge in [0.2, 0.25) is 0 Å². The Morgan fingerprint density at radius 3 is 2.49 bits per heavy atom. The summed E-state index contributed by atoms with van der Waals surface area (Å²) in [7, 11) is 1.55. The first-order valence-corrected chi connectivity index (χ1v) is 11.6. The topological polar surface area (TPSA) is 104 Å². The summed E-state index contributed by atoms with van der Waals surface area (Å²) in [5.74, 6) is 1.31. The van der Waals surface area contributed by atoms with Gasteiger partial charge in [-0.1, -0.05) is 30.3 Å². The smallest absolute Gasteiger partial charge is 0.343 e. The molecule has 0 aliphatic rings. The number of methoxy groups -OCH3 is 1. The number of fused-ring (bicyclic) bond motifs is 1. The van der Waals surface area contributed by atoms with E-state index in [1.807, 2.05) is 54.6 Å². The van der Waals surface area contributed by atoms with E-state index in [2.05, 4.69) is 15.3 Å².